The van der Waals surface area contributed by atoms with E-state index in [1.54, 1.807) is 60.7 Å². The highest BCUT2D eigenvalue weighted by Gasteiger charge is 2.71. The Balaban J connectivity index is 1.20. The molecular weight excluding hydrogens is 705 g/mol. The van der Waals surface area contributed by atoms with Crippen LogP contribution in [-0.2, 0) is 23.9 Å². The van der Waals surface area contributed by atoms with Crippen molar-refractivity contribution in [2.75, 3.05) is 6.61 Å². The number of carbonyl (C=O) groups is 3. The standard InChI is InChI=1S/C48H60O8/c1-43(2)25-26-47(42(53)54)27-28-48(30-55-40(51)19-11-31-7-13-33(49)14-8-31)35(36(47)29-43)17-18-38-45(5)23-22-39(44(3,4)37(45)21-24-46(38,48)6)56-41(52)20-12-32-9-15-34(50)16-10-32/h7-17,19-20,36-39,49-50H,18,21-30H2,1-6H3,(H,53,54)/b19-11+,20-12+/t36-,37-,38+,39-,45-,46+,47-,48-/m0/s1. The fourth-order valence-corrected chi connectivity index (χ4v) is 12.8. The third kappa shape index (κ3) is 6.68. The summed E-state index contributed by atoms with van der Waals surface area (Å²) in [5, 5.41) is 30.3. The van der Waals surface area contributed by atoms with Crippen LogP contribution in [0.3, 0.4) is 0 Å². The lowest BCUT2D eigenvalue weighted by Gasteiger charge is -2.71. The van der Waals surface area contributed by atoms with E-state index in [9.17, 15) is 29.7 Å². The van der Waals surface area contributed by atoms with Gasteiger partial charge in [-0.1, -0.05) is 77.5 Å². The summed E-state index contributed by atoms with van der Waals surface area (Å²) in [6, 6.07) is 13.3. The van der Waals surface area contributed by atoms with Gasteiger partial charge in [0, 0.05) is 23.0 Å². The number of carboxylic acids is 1. The number of fused-ring (bicyclic) bond motifs is 7. The van der Waals surface area contributed by atoms with Crippen LogP contribution in [0.15, 0.2) is 72.3 Å². The highest BCUT2D eigenvalue weighted by atomic mass is 16.5. The van der Waals surface area contributed by atoms with Gasteiger partial charge in [0.05, 0.1) is 5.41 Å². The van der Waals surface area contributed by atoms with E-state index < -0.39 is 22.8 Å². The Morgan fingerprint density at radius 2 is 1.32 bits per heavy atom. The highest BCUT2D eigenvalue weighted by Crippen LogP contribution is 2.76. The number of ether oxygens (including phenoxy) is 2. The molecule has 0 bridgehead atoms. The van der Waals surface area contributed by atoms with Crippen molar-refractivity contribution in [3.63, 3.8) is 0 Å². The number of carboxylic acid groups (broad SMARTS) is 1. The van der Waals surface area contributed by atoms with Crippen molar-refractivity contribution in [1.82, 2.24) is 0 Å². The molecule has 0 aliphatic heterocycles. The fraction of sp³-hybridized carbons (Fsp3) is 0.562. The zero-order chi connectivity index (χ0) is 40.3. The molecule has 2 aromatic rings. The van der Waals surface area contributed by atoms with Crippen molar-refractivity contribution < 1.29 is 39.2 Å². The molecule has 4 fully saturated rings. The quantitative estimate of drug-likeness (QED) is 0.138. The lowest BCUT2D eigenvalue weighted by molar-refractivity contribution is -0.221. The molecule has 2 aromatic carbocycles. The maximum absolute atomic E-state index is 13.5. The molecular formula is C48H60O8. The van der Waals surface area contributed by atoms with Gasteiger partial charge in [-0.15, -0.1) is 0 Å². The van der Waals surface area contributed by atoms with Gasteiger partial charge in [0.15, 0.2) is 0 Å². The molecule has 0 radical (unpaired) electrons. The number of allylic oxidation sites excluding steroid dienone is 1. The van der Waals surface area contributed by atoms with Crippen LogP contribution in [0, 0.1) is 50.2 Å². The second-order valence-corrected chi connectivity index (χ2v) is 19.7. The SMILES string of the molecule is CC1(C)CC[C@]2(C(=O)O)CC[C@]3(COC(=O)/C=C/c4ccc(O)cc4)C(=CC[C@@H]4[C@@]5(C)CC[C@H](OC(=O)/C=C/c6ccc(O)cc6)C(C)(C)[C@@H]5CC[C@]43C)[C@@H]2C1. The molecule has 8 heteroatoms. The Kier molecular flexibility index (Phi) is 10.1. The predicted octanol–water partition coefficient (Wildman–Crippen LogP) is 10.1. The first-order valence-corrected chi connectivity index (χ1v) is 20.6. The Labute approximate surface area is 332 Å². The molecule has 8 atom stereocenters. The van der Waals surface area contributed by atoms with Crippen molar-refractivity contribution >= 4 is 30.1 Å². The average molecular weight is 765 g/mol. The maximum atomic E-state index is 13.5. The molecule has 56 heavy (non-hydrogen) atoms. The number of aromatic hydroxyl groups is 2. The summed E-state index contributed by atoms with van der Waals surface area (Å²) in [6.07, 6.45) is 16.3. The van der Waals surface area contributed by atoms with E-state index in [-0.39, 0.29) is 69.6 Å². The van der Waals surface area contributed by atoms with Crippen LogP contribution in [0.1, 0.15) is 117 Å². The Morgan fingerprint density at radius 1 is 0.732 bits per heavy atom. The largest absolute Gasteiger partial charge is 0.508 e. The van der Waals surface area contributed by atoms with Crippen LogP contribution in [0.4, 0.5) is 0 Å². The van der Waals surface area contributed by atoms with Crippen LogP contribution in [0.25, 0.3) is 12.2 Å². The topological polar surface area (TPSA) is 130 Å². The first kappa shape index (κ1) is 39.9. The van der Waals surface area contributed by atoms with E-state index in [1.807, 2.05) is 0 Å². The number of hydrogen-bond acceptors (Lipinski definition) is 7. The number of benzene rings is 2. The Morgan fingerprint density at radius 3 is 1.93 bits per heavy atom. The minimum atomic E-state index is -0.821. The number of phenols is 2. The highest BCUT2D eigenvalue weighted by molar-refractivity contribution is 5.87. The van der Waals surface area contributed by atoms with Crippen molar-refractivity contribution in [2.45, 2.75) is 112 Å². The van der Waals surface area contributed by atoms with Gasteiger partial charge in [0.1, 0.15) is 24.2 Å². The summed E-state index contributed by atoms with van der Waals surface area (Å²) < 4.78 is 12.6. The van der Waals surface area contributed by atoms with Gasteiger partial charge in [-0.2, -0.15) is 0 Å². The summed E-state index contributed by atoms with van der Waals surface area (Å²) in [4.78, 5) is 40.1. The zero-order valence-electron chi connectivity index (χ0n) is 34.0. The zero-order valence-corrected chi connectivity index (χ0v) is 34.0. The van der Waals surface area contributed by atoms with Crippen LogP contribution in [0.5, 0.6) is 11.5 Å². The van der Waals surface area contributed by atoms with Gasteiger partial charge < -0.3 is 24.8 Å². The molecule has 0 amide bonds. The lowest BCUT2D eigenvalue weighted by Crippen LogP contribution is -2.67. The number of carbonyl (C=O) groups excluding carboxylic acids is 2. The third-order valence-electron chi connectivity index (χ3n) is 16.0. The summed E-state index contributed by atoms with van der Waals surface area (Å²) >= 11 is 0. The van der Waals surface area contributed by atoms with E-state index in [1.165, 1.54) is 17.7 Å². The van der Waals surface area contributed by atoms with Gasteiger partial charge in [-0.25, -0.2) is 9.59 Å². The number of hydrogen-bond donors (Lipinski definition) is 3. The van der Waals surface area contributed by atoms with Crippen LogP contribution in [-0.4, -0.2) is 45.9 Å². The smallest absolute Gasteiger partial charge is 0.331 e. The number of esters is 2. The summed E-state index contributed by atoms with van der Waals surface area (Å²) in [5.74, 6) is -0.771. The van der Waals surface area contributed by atoms with Crippen molar-refractivity contribution in [2.24, 2.45) is 50.2 Å². The monoisotopic (exact) mass is 764 g/mol. The minimum absolute atomic E-state index is 0.00243. The molecule has 300 valence electrons. The Hall–Kier alpha value is -4.33. The van der Waals surface area contributed by atoms with E-state index in [0.717, 1.165) is 56.1 Å². The second-order valence-electron chi connectivity index (χ2n) is 19.7. The summed E-state index contributed by atoms with van der Waals surface area (Å²) in [7, 11) is 0. The average Bonchev–Trinajstić information content (AvgIpc) is 3.14. The van der Waals surface area contributed by atoms with Gasteiger partial charge in [-0.05, 0) is 146 Å². The first-order valence-electron chi connectivity index (χ1n) is 20.6. The molecule has 5 aliphatic carbocycles. The second kappa shape index (κ2) is 14.2. The number of phenolic OH excluding ortho intramolecular Hbond substituents is 2. The predicted molar refractivity (Wildman–Crippen MR) is 216 cm³/mol. The maximum Gasteiger partial charge on any atom is 0.331 e. The molecule has 0 aromatic heterocycles. The number of aliphatic carboxylic acids is 1. The molecule has 8 nitrogen and oxygen atoms in total. The van der Waals surface area contributed by atoms with Crippen LogP contribution >= 0.6 is 0 Å². The number of rotatable bonds is 8. The molecule has 0 heterocycles. The van der Waals surface area contributed by atoms with Gasteiger partial charge in [-0.3, -0.25) is 4.79 Å². The first-order chi connectivity index (χ1) is 26.4. The molecule has 0 spiro atoms. The third-order valence-corrected chi connectivity index (χ3v) is 16.0. The summed E-state index contributed by atoms with van der Waals surface area (Å²) in [6.45, 7) is 14.1. The normalized spacial score (nSPS) is 35.6. The van der Waals surface area contributed by atoms with E-state index in [2.05, 4.69) is 47.6 Å². The summed E-state index contributed by atoms with van der Waals surface area (Å²) in [5.41, 5.74) is 0.800. The molecule has 3 N–H and O–H groups in total. The molecule has 0 unspecified atom stereocenters. The van der Waals surface area contributed by atoms with Gasteiger partial charge in [0.2, 0.25) is 0 Å². The molecule has 0 saturated heterocycles. The van der Waals surface area contributed by atoms with Gasteiger partial charge in [0.25, 0.3) is 0 Å². The van der Waals surface area contributed by atoms with E-state index >= 15 is 0 Å². The Bertz CT molecular complexity index is 1940. The van der Waals surface area contributed by atoms with Crippen molar-refractivity contribution in [3.8, 4) is 11.5 Å². The lowest BCUT2D eigenvalue weighted by atomic mass is 9.33. The van der Waals surface area contributed by atoms with Crippen LogP contribution in [0.2, 0.25) is 0 Å². The van der Waals surface area contributed by atoms with Crippen LogP contribution < -0.4 is 0 Å². The van der Waals surface area contributed by atoms with Gasteiger partial charge >= 0.3 is 17.9 Å². The molecule has 5 aliphatic rings. The molecule has 7 rings (SSSR count). The molecule has 4 saturated carbocycles. The van der Waals surface area contributed by atoms with E-state index in [4.69, 9.17) is 9.47 Å². The minimum Gasteiger partial charge on any atom is -0.508 e. The van der Waals surface area contributed by atoms with Crippen molar-refractivity contribution in [3.05, 3.63) is 83.5 Å². The van der Waals surface area contributed by atoms with Crippen molar-refractivity contribution in [1.29, 1.82) is 0 Å². The fourth-order valence-electron chi connectivity index (χ4n) is 12.8. The van der Waals surface area contributed by atoms with E-state index in [0.29, 0.717) is 19.3 Å².